The fraction of sp³-hybridized carbons (Fsp3) is 0.556. The second-order valence-corrected chi connectivity index (χ2v) is 6.75. The van der Waals surface area contributed by atoms with Crippen LogP contribution in [0.4, 0.5) is 5.69 Å². The number of aryl methyl sites for hydroxylation is 1. The van der Waals surface area contributed by atoms with Crippen molar-refractivity contribution in [2.75, 3.05) is 25.5 Å². The van der Waals surface area contributed by atoms with Crippen LogP contribution in [0.5, 0.6) is 0 Å². The molecule has 2 aromatic rings. The minimum absolute atomic E-state index is 0.412. The maximum Gasteiger partial charge on any atom is 0.0527 e. The van der Waals surface area contributed by atoms with Crippen molar-refractivity contribution in [3.63, 3.8) is 0 Å². The van der Waals surface area contributed by atoms with Crippen LogP contribution in [-0.2, 0) is 6.54 Å². The third-order valence-electron chi connectivity index (χ3n) is 4.58. The highest BCUT2D eigenvalue weighted by Crippen LogP contribution is 2.29. The molecular weight excluding hydrogens is 286 g/mol. The number of nitrogens with zero attached hydrogens (tertiary/aromatic N) is 4. The summed E-state index contributed by atoms with van der Waals surface area (Å²) in [4.78, 5) is 7.27. The summed E-state index contributed by atoms with van der Waals surface area (Å²) >= 11 is 0. The molecular formula is C18H27N5. The average molecular weight is 313 g/mol. The number of likely N-dealkylation sites (tertiary alicyclic amines) is 1. The average Bonchev–Trinajstić information content (AvgIpc) is 3.16. The van der Waals surface area contributed by atoms with Gasteiger partial charge in [-0.3, -0.25) is 14.6 Å². The lowest BCUT2D eigenvalue weighted by molar-refractivity contribution is 0.309. The minimum atomic E-state index is 0.412. The molecule has 0 spiro atoms. The molecule has 0 radical (unpaired) electrons. The molecule has 3 heterocycles. The standard InChI is InChI=1S/C18H27N5/c1-13(2)23-17(5-7-20-23)12-22-8-6-15(11-22)18-10-16(19-4)9-14(3)21-18/h5,7,9-10,13,15H,6,8,11-12H2,1-4H3,(H,19,21)/t15-/m1/s1. The summed E-state index contributed by atoms with van der Waals surface area (Å²) in [6.07, 6.45) is 3.08. The van der Waals surface area contributed by atoms with Crippen molar-refractivity contribution in [1.82, 2.24) is 19.7 Å². The quantitative estimate of drug-likeness (QED) is 0.921. The van der Waals surface area contributed by atoms with Crippen LogP contribution < -0.4 is 5.32 Å². The second-order valence-electron chi connectivity index (χ2n) is 6.75. The van der Waals surface area contributed by atoms with Crippen LogP contribution >= 0.6 is 0 Å². The fourth-order valence-corrected chi connectivity index (χ4v) is 3.43. The first kappa shape index (κ1) is 16.0. The van der Waals surface area contributed by atoms with Crippen LogP contribution in [0, 0.1) is 6.92 Å². The van der Waals surface area contributed by atoms with E-state index >= 15 is 0 Å². The van der Waals surface area contributed by atoms with Crippen molar-refractivity contribution < 1.29 is 0 Å². The molecule has 23 heavy (non-hydrogen) atoms. The Morgan fingerprint density at radius 3 is 2.91 bits per heavy atom. The van der Waals surface area contributed by atoms with Crippen LogP contribution in [0.3, 0.4) is 0 Å². The molecule has 3 rings (SSSR count). The monoisotopic (exact) mass is 313 g/mol. The van der Waals surface area contributed by atoms with Crippen molar-refractivity contribution >= 4 is 5.69 Å². The van der Waals surface area contributed by atoms with E-state index in [4.69, 9.17) is 4.98 Å². The van der Waals surface area contributed by atoms with Gasteiger partial charge in [0, 0.05) is 55.4 Å². The molecule has 1 atom stereocenters. The normalized spacial score (nSPS) is 18.7. The maximum absolute atomic E-state index is 4.76. The van der Waals surface area contributed by atoms with Gasteiger partial charge in [0.05, 0.1) is 5.69 Å². The van der Waals surface area contributed by atoms with E-state index in [0.29, 0.717) is 12.0 Å². The van der Waals surface area contributed by atoms with E-state index in [1.807, 2.05) is 13.2 Å². The SMILES string of the molecule is CNc1cc(C)nc([C@@H]2CCN(Cc3ccnn3C(C)C)C2)c1. The zero-order valence-electron chi connectivity index (χ0n) is 14.6. The fourth-order valence-electron chi connectivity index (χ4n) is 3.43. The van der Waals surface area contributed by atoms with Crippen molar-refractivity contribution in [2.45, 2.75) is 45.7 Å². The highest BCUT2D eigenvalue weighted by molar-refractivity contribution is 5.45. The van der Waals surface area contributed by atoms with Gasteiger partial charge in [-0.15, -0.1) is 0 Å². The molecule has 1 aliphatic rings. The van der Waals surface area contributed by atoms with Crippen LogP contribution in [0.15, 0.2) is 24.4 Å². The molecule has 5 heteroatoms. The summed E-state index contributed by atoms with van der Waals surface area (Å²) in [5.74, 6) is 0.525. The number of anilines is 1. The Balaban J connectivity index is 1.69. The Morgan fingerprint density at radius 1 is 1.35 bits per heavy atom. The third kappa shape index (κ3) is 3.55. The smallest absolute Gasteiger partial charge is 0.0527 e. The van der Waals surface area contributed by atoms with Gasteiger partial charge in [0.2, 0.25) is 0 Å². The number of hydrogen-bond donors (Lipinski definition) is 1. The molecule has 5 nitrogen and oxygen atoms in total. The van der Waals surface area contributed by atoms with Gasteiger partial charge in [-0.25, -0.2) is 0 Å². The number of hydrogen-bond acceptors (Lipinski definition) is 4. The molecule has 0 aromatic carbocycles. The lowest BCUT2D eigenvalue weighted by Gasteiger charge is -2.18. The van der Waals surface area contributed by atoms with Crippen molar-refractivity contribution in [3.05, 3.63) is 41.5 Å². The molecule has 1 saturated heterocycles. The predicted octanol–water partition coefficient (Wildman–Crippen LogP) is 3.20. The van der Waals surface area contributed by atoms with E-state index in [-0.39, 0.29) is 0 Å². The number of rotatable bonds is 5. The molecule has 0 bridgehead atoms. The second kappa shape index (κ2) is 6.71. The number of nitrogens with one attached hydrogen (secondary N) is 1. The van der Waals surface area contributed by atoms with Gasteiger partial charge in [-0.05, 0) is 51.9 Å². The van der Waals surface area contributed by atoms with Crippen LogP contribution in [-0.4, -0.2) is 39.8 Å². The van der Waals surface area contributed by atoms with Crippen LogP contribution in [0.2, 0.25) is 0 Å². The van der Waals surface area contributed by atoms with Crippen molar-refractivity contribution in [1.29, 1.82) is 0 Å². The first-order valence-electron chi connectivity index (χ1n) is 8.48. The van der Waals surface area contributed by atoms with E-state index in [2.05, 4.69) is 59.0 Å². The van der Waals surface area contributed by atoms with Crippen molar-refractivity contribution in [3.8, 4) is 0 Å². The third-order valence-corrected chi connectivity index (χ3v) is 4.58. The predicted molar refractivity (Wildman–Crippen MR) is 93.8 cm³/mol. The molecule has 0 aliphatic carbocycles. The molecule has 2 aromatic heterocycles. The first-order valence-corrected chi connectivity index (χ1v) is 8.48. The Bertz CT molecular complexity index is 661. The molecule has 0 unspecified atom stereocenters. The molecule has 1 aliphatic heterocycles. The summed E-state index contributed by atoms with van der Waals surface area (Å²) < 4.78 is 2.12. The van der Waals surface area contributed by atoms with Gasteiger partial charge >= 0.3 is 0 Å². The van der Waals surface area contributed by atoms with Crippen LogP contribution in [0.1, 0.15) is 49.3 Å². The van der Waals surface area contributed by atoms with Gasteiger partial charge in [-0.2, -0.15) is 5.10 Å². The van der Waals surface area contributed by atoms with Gasteiger partial charge in [-0.1, -0.05) is 0 Å². The summed E-state index contributed by atoms with van der Waals surface area (Å²) in [5.41, 5.74) is 4.76. The van der Waals surface area contributed by atoms with E-state index in [1.54, 1.807) is 0 Å². The molecule has 1 fully saturated rings. The summed E-state index contributed by atoms with van der Waals surface area (Å²) in [7, 11) is 1.96. The zero-order valence-corrected chi connectivity index (χ0v) is 14.6. The molecule has 1 N–H and O–H groups in total. The molecule has 0 amide bonds. The first-order chi connectivity index (χ1) is 11.1. The van der Waals surface area contributed by atoms with Gasteiger partial charge in [0.1, 0.15) is 0 Å². The Morgan fingerprint density at radius 2 is 2.17 bits per heavy atom. The van der Waals surface area contributed by atoms with Crippen LogP contribution in [0.25, 0.3) is 0 Å². The summed E-state index contributed by atoms with van der Waals surface area (Å²) in [6.45, 7) is 9.59. The number of pyridine rings is 1. The Hall–Kier alpha value is -1.88. The maximum atomic E-state index is 4.76. The lowest BCUT2D eigenvalue weighted by Crippen LogP contribution is -2.22. The summed E-state index contributed by atoms with van der Waals surface area (Å²) in [5, 5.41) is 7.67. The van der Waals surface area contributed by atoms with Gasteiger partial charge < -0.3 is 5.32 Å². The van der Waals surface area contributed by atoms with E-state index in [9.17, 15) is 0 Å². The van der Waals surface area contributed by atoms with E-state index < -0.39 is 0 Å². The topological polar surface area (TPSA) is 46.0 Å². The lowest BCUT2D eigenvalue weighted by atomic mass is 10.0. The Labute approximate surface area is 138 Å². The highest BCUT2D eigenvalue weighted by atomic mass is 15.3. The molecule has 0 saturated carbocycles. The Kier molecular flexibility index (Phi) is 4.66. The zero-order chi connectivity index (χ0) is 16.4. The minimum Gasteiger partial charge on any atom is -0.388 e. The highest BCUT2D eigenvalue weighted by Gasteiger charge is 2.26. The van der Waals surface area contributed by atoms with Gasteiger partial charge in [0.25, 0.3) is 0 Å². The van der Waals surface area contributed by atoms with Crippen molar-refractivity contribution in [2.24, 2.45) is 0 Å². The van der Waals surface area contributed by atoms with E-state index in [0.717, 1.165) is 31.0 Å². The largest absolute Gasteiger partial charge is 0.388 e. The molecule has 124 valence electrons. The van der Waals surface area contributed by atoms with Gasteiger partial charge in [0.15, 0.2) is 0 Å². The summed E-state index contributed by atoms with van der Waals surface area (Å²) in [6, 6.07) is 6.84. The van der Waals surface area contributed by atoms with E-state index in [1.165, 1.54) is 17.8 Å². The number of aromatic nitrogens is 3.